The quantitative estimate of drug-likeness (QED) is 0.771. The number of rotatable bonds is 5. The van der Waals surface area contributed by atoms with Crippen LogP contribution in [0.2, 0.25) is 0 Å². The van der Waals surface area contributed by atoms with E-state index in [1.807, 2.05) is 16.7 Å². The predicted octanol–water partition coefficient (Wildman–Crippen LogP) is 0.433. The van der Waals surface area contributed by atoms with Gasteiger partial charge >= 0.3 is 0 Å². The van der Waals surface area contributed by atoms with E-state index in [9.17, 15) is 9.59 Å². The zero-order valence-electron chi connectivity index (χ0n) is 16.4. The van der Waals surface area contributed by atoms with Crippen molar-refractivity contribution in [2.75, 3.05) is 44.3 Å². The van der Waals surface area contributed by atoms with Gasteiger partial charge in [0.05, 0.1) is 13.2 Å². The highest BCUT2D eigenvalue weighted by atomic mass is 16.5. The van der Waals surface area contributed by atoms with Crippen LogP contribution < -0.4 is 16.2 Å². The molecule has 2 unspecified atom stereocenters. The molecule has 2 fully saturated rings. The minimum Gasteiger partial charge on any atom is -0.378 e. The summed E-state index contributed by atoms with van der Waals surface area (Å²) >= 11 is 0. The first-order valence-electron chi connectivity index (χ1n) is 9.91. The largest absolute Gasteiger partial charge is 0.378 e. The third-order valence-electron chi connectivity index (χ3n) is 5.68. The molecule has 8 nitrogen and oxygen atoms in total. The summed E-state index contributed by atoms with van der Waals surface area (Å²) in [7, 11) is 0. The molecule has 3 rings (SSSR count). The monoisotopic (exact) mass is 377 g/mol. The lowest BCUT2D eigenvalue weighted by atomic mass is 9.92. The molecule has 0 bridgehead atoms. The molecule has 27 heavy (non-hydrogen) atoms. The van der Waals surface area contributed by atoms with Crippen molar-refractivity contribution in [3.8, 4) is 0 Å². The molecular formula is C19H31N5O3. The first-order chi connectivity index (χ1) is 13.0. The Kier molecular flexibility index (Phi) is 6.49. The molecule has 8 heteroatoms. The number of nitrogens with one attached hydrogen (secondary N) is 1. The smallest absolute Gasteiger partial charge is 0.255 e. The Morgan fingerprint density at radius 3 is 2.74 bits per heavy atom. The van der Waals surface area contributed by atoms with Gasteiger partial charge in [-0.2, -0.15) is 0 Å². The van der Waals surface area contributed by atoms with Gasteiger partial charge < -0.3 is 20.3 Å². The lowest BCUT2D eigenvalue weighted by Crippen LogP contribution is -2.49. The molecule has 0 aliphatic carbocycles. The van der Waals surface area contributed by atoms with Crippen LogP contribution in [0.1, 0.15) is 37.4 Å². The van der Waals surface area contributed by atoms with Crippen molar-refractivity contribution >= 4 is 11.9 Å². The predicted molar refractivity (Wildman–Crippen MR) is 104 cm³/mol. The van der Waals surface area contributed by atoms with E-state index >= 15 is 0 Å². The van der Waals surface area contributed by atoms with Gasteiger partial charge in [0.2, 0.25) is 11.9 Å². The van der Waals surface area contributed by atoms with Crippen LogP contribution >= 0.6 is 0 Å². The fourth-order valence-electron chi connectivity index (χ4n) is 3.99. The molecule has 2 atom stereocenters. The van der Waals surface area contributed by atoms with Crippen molar-refractivity contribution in [2.45, 2.75) is 45.6 Å². The molecule has 1 aromatic heterocycles. The molecule has 0 spiro atoms. The standard InChI is InChI=1S/C19H31N5O3/c1-13-5-6-24(15(11-13)12-20)17(25)4-3-16-14(2)21-19(22-18(16)26)23-7-9-27-10-8-23/h13,15H,3-12,20H2,1-2H3,(H,21,22,26). The van der Waals surface area contributed by atoms with Crippen LogP contribution in [-0.4, -0.2) is 66.2 Å². The van der Waals surface area contributed by atoms with Crippen LogP contribution in [0.3, 0.4) is 0 Å². The number of aryl methyl sites for hydroxylation is 1. The molecular weight excluding hydrogens is 346 g/mol. The number of likely N-dealkylation sites (tertiary alicyclic amines) is 1. The fraction of sp³-hybridized carbons (Fsp3) is 0.737. The van der Waals surface area contributed by atoms with E-state index < -0.39 is 0 Å². The Balaban J connectivity index is 1.65. The lowest BCUT2D eigenvalue weighted by Gasteiger charge is -2.38. The maximum atomic E-state index is 12.7. The summed E-state index contributed by atoms with van der Waals surface area (Å²) in [4.78, 5) is 36.6. The van der Waals surface area contributed by atoms with Crippen LogP contribution in [0.5, 0.6) is 0 Å². The molecule has 0 aromatic carbocycles. The van der Waals surface area contributed by atoms with Crippen LogP contribution in [0.15, 0.2) is 4.79 Å². The zero-order valence-corrected chi connectivity index (χ0v) is 16.4. The number of aromatic amines is 1. The van der Waals surface area contributed by atoms with Gasteiger partial charge in [-0.1, -0.05) is 6.92 Å². The summed E-state index contributed by atoms with van der Waals surface area (Å²) in [6, 6.07) is 0.113. The summed E-state index contributed by atoms with van der Waals surface area (Å²) in [6.07, 6.45) is 2.68. The zero-order chi connectivity index (χ0) is 19.4. The highest BCUT2D eigenvalue weighted by Crippen LogP contribution is 2.23. The molecule has 3 N–H and O–H groups in total. The Morgan fingerprint density at radius 1 is 1.33 bits per heavy atom. The van der Waals surface area contributed by atoms with Crippen molar-refractivity contribution < 1.29 is 9.53 Å². The van der Waals surface area contributed by atoms with E-state index in [2.05, 4.69) is 16.9 Å². The normalized spacial score (nSPS) is 23.5. The number of nitrogens with zero attached hydrogens (tertiary/aromatic N) is 3. The minimum absolute atomic E-state index is 0.0772. The average Bonchev–Trinajstić information content (AvgIpc) is 2.67. The number of carbonyl (C=O) groups excluding carboxylic acids is 1. The maximum absolute atomic E-state index is 12.7. The summed E-state index contributed by atoms with van der Waals surface area (Å²) in [6.45, 7) is 7.99. The fourth-order valence-corrected chi connectivity index (χ4v) is 3.99. The number of piperidine rings is 1. The lowest BCUT2D eigenvalue weighted by molar-refractivity contribution is -0.135. The molecule has 2 aliphatic rings. The van der Waals surface area contributed by atoms with Gasteiger partial charge in [0.15, 0.2) is 0 Å². The molecule has 0 saturated carbocycles. The second-order valence-corrected chi connectivity index (χ2v) is 7.66. The average molecular weight is 377 g/mol. The molecule has 150 valence electrons. The molecule has 2 saturated heterocycles. The van der Waals surface area contributed by atoms with Gasteiger partial charge in [-0.05, 0) is 32.1 Å². The summed E-state index contributed by atoms with van der Waals surface area (Å²) in [5, 5.41) is 0. The summed E-state index contributed by atoms with van der Waals surface area (Å²) in [5.74, 6) is 1.27. The van der Waals surface area contributed by atoms with Crippen LogP contribution in [0.4, 0.5) is 5.95 Å². The number of hydrogen-bond acceptors (Lipinski definition) is 6. The van der Waals surface area contributed by atoms with Crippen LogP contribution in [0, 0.1) is 12.8 Å². The Morgan fingerprint density at radius 2 is 2.07 bits per heavy atom. The molecule has 3 heterocycles. The number of hydrogen-bond donors (Lipinski definition) is 2. The minimum atomic E-state index is -0.153. The van der Waals surface area contributed by atoms with Crippen molar-refractivity contribution in [1.82, 2.24) is 14.9 Å². The van der Waals surface area contributed by atoms with Crippen molar-refractivity contribution in [1.29, 1.82) is 0 Å². The van der Waals surface area contributed by atoms with Gasteiger partial charge in [-0.15, -0.1) is 0 Å². The van der Waals surface area contributed by atoms with Gasteiger partial charge in [0.25, 0.3) is 5.56 Å². The number of morpholine rings is 1. The van der Waals surface area contributed by atoms with Gasteiger partial charge in [-0.3, -0.25) is 14.6 Å². The van der Waals surface area contributed by atoms with Gasteiger partial charge in [0.1, 0.15) is 0 Å². The first kappa shape index (κ1) is 19.8. The molecule has 1 aromatic rings. The van der Waals surface area contributed by atoms with E-state index in [1.165, 1.54) is 0 Å². The van der Waals surface area contributed by atoms with E-state index in [4.69, 9.17) is 10.5 Å². The third-order valence-corrected chi connectivity index (χ3v) is 5.68. The Bertz CT molecular complexity index is 714. The number of ether oxygens (including phenoxy) is 1. The van der Waals surface area contributed by atoms with Crippen LogP contribution in [-0.2, 0) is 16.0 Å². The van der Waals surface area contributed by atoms with E-state index in [0.717, 1.165) is 19.4 Å². The number of anilines is 1. The highest BCUT2D eigenvalue weighted by molar-refractivity contribution is 5.77. The van der Waals surface area contributed by atoms with E-state index in [-0.39, 0.29) is 17.5 Å². The number of H-pyrrole nitrogens is 1. The molecule has 0 radical (unpaired) electrons. The van der Waals surface area contributed by atoms with Crippen molar-refractivity contribution in [2.24, 2.45) is 11.7 Å². The highest BCUT2D eigenvalue weighted by Gasteiger charge is 2.28. The van der Waals surface area contributed by atoms with E-state index in [0.29, 0.717) is 68.8 Å². The number of aromatic nitrogens is 2. The topological polar surface area (TPSA) is 105 Å². The van der Waals surface area contributed by atoms with Crippen LogP contribution in [0.25, 0.3) is 0 Å². The Labute approximate surface area is 160 Å². The van der Waals surface area contributed by atoms with Crippen molar-refractivity contribution in [3.05, 3.63) is 21.6 Å². The molecule has 2 aliphatic heterocycles. The van der Waals surface area contributed by atoms with Crippen molar-refractivity contribution in [3.63, 3.8) is 0 Å². The first-order valence-corrected chi connectivity index (χ1v) is 9.91. The summed E-state index contributed by atoms with van der Waals surface area (Å²) < 4.78 is 5.34. The van der Waals surface area contributed by atoms with Gasteiger partial charge in [0, 0.05) is 49.9 Å². The number of nitrogens with two attached hydrogens (primary N) is 1. The third kappa shape index (κ3) is 4.68. The second kappa shape index (κ2) is 8.84. The SMILES string of the molecule is Cc1nc(N2CCOCC2)[nH]c(=O)c1CCC(=O)N1CCC(C)CC1CN. The summed E-state index contributed by atoms with van der Waals surface area (Å²) in [5.41, 5.74) is 6.99. The Hall–Kier alpha value is -1.93. The number of carbonyl (C=O) groups is 1. The van der Waals surface area contributed by atoms with Gasteiger partial charge in [-0.25, -0.2) is 4.98 Å². The second-order valence-electron chi connectivity index (χ2n) is 7.66. The maximum Gasteiger partial charge on any atom is 0.255 e. The molecule has 1 amide bonds. The van der Waals surface area contributed by atoms with E-state index in [1.54, 1.807) is 0 Å². The number of amides is 1.